The van der Waals surface area contributed by atoms with Crippen LogP contribution in [0.3, 0.4) is 0 Å². The van der Waals surface area contributed by atoms with Gasteiger partial charge in [0, 0.05) is 25.2 Å². The third-order valence-electron chi connectivity index (χ3n) is 4.42. The summed E-state index contributed by atoms with van der Waals surface area (Å²) in [4.78, 5) is 6.41. The highest BCUT2D eigenvalue weighted by atomic mass is 19.1. The normalized spacial score (nSPS) is 21.7. The Morgan fingerprint density at radius 1 is 1.31 bits per heavy atom. The Morgan fingerprint density at radius 3 is 2.69 bits per heavy atom. The van der Waals surface area contributed by atoms with Crippen LogP contribution >= 0.6 is 0 Å². The van der Waals surface area contributed by atoms with Gasteiger partial charge in [-0.25, -0.2) is 4.39 Å². The van der Waals surface area contributed by atoms with E-state index in [0.29, 0.717) is 36.2 Å². The van der Waals surface area contributed by atoms with Crippen LogP contribution in [0.25, 0.3) is 0 Å². The molecule has 0 amide bonds. The molecule has 0 spiro atoms. The summed E-state index contributed by atoms with van der Waals surface area (Å²) in [5, 5.41) is 7.18. The van der Waals surface area contributed by atoms with Gasteiger partial charge >= 0.3 is 0 Å². The number of hydrogen-bond donors (Lipinski definition) is 1. The zero-order chi connectivity index (χ0) is 18.7. The molecular weight excluding hydrogens is 335 g/mol. The van der Waals surface area contributed by atoms with Gasteiger partial charge in [-0.15, -0.1) is 0 Å². The molecule has 2 heterocycles. The Morgan fingerprint density at radius 2 is 2.04 bits per heavy atom. The van der Waals surface area contributed by atoms with Crippen LogP contribution in [-0.2, 0) is 11.2 Å². The van der Waals surface area contributed by atoms with Crippen LogP contribution in [-0.4, -0.2) is 35.4 Å². The van der Waals surface area contributed by atoms with Crippen molar-refractivity contribution in [2.24, 2.45) is 0 Å². The highest BCUT2D eigenvalue weighted by Gasteiger charge is 2.24. The van der Waals surface area contributed by atoms with Crippen LogP contribution in [0.15, 0.2) is 22.7 Å². The molecule has 0 radical (unpaired) electrons. The lowest BCUT2D eigenvalue weighted by atomic mass is 10.1. The SMILES string of the molecule is CCCc1noc(C(C)Nc2ccc(N3CC(C)OC(C)C3)c(F)c2)n1. The van der Waals surface area contributed by atoms with E-state index in [1.54, 1.807) is 0 Å². The highest BCUT2D eigenvalue weighted by molar-refractivity contribution is 5.57. The zero-order valence-corrected chi connectivity index (χ0v) is 15.8. The average Bonchev–Trinajstić information content (AvgIpc) is 3.03. The van der Waals surface area contributed by atoms with Gasteiger partial charge in [0.1, 0.15) is 11.9 Å². The summed E-state index contributed by atoms with van der Waals surface area (Å²) in [5.74, 6) is 0.961. The van der Waals surface area contributed by atoms with Crippen LogP contribution < -0.4 is 10.2 Å². The molecular formula is C19H27FN4O2. The molecule has 3 unspecified atom stereocenters. The smallest absolute Gasteiger partial charge is 0.248 e. The number of aryl methyl sites for hydroxylation is 1. The molecule has 1 aromatic carbocycles. The van der Waals surface area contributed by atoms with E-state index in [9.17, 15) is 4.39 Å². The number of benzene rings is 1. The number of nitrogens with zero attached hydrogens (tertiary/aromatic N) is 3. The molecule has 7 heteroatoms. The fourth-order valence-corrected chi connectivity index (χ4v) is 3.31. The van der Waals surface area contributed by atoms with Crippen molar-refractivity contribution in [1.82, 2.24) is 10.1 Å². The number of halogens is 1. The van der Waals surface area contributed by atoms with Crippen molar-refractivity contribution in [1.29, 1.82) is 0 Å². The van der Waals surface area contributed by atoms with E-state index in [1.165, 1.54) is 6.07 Å². The van der Waals surface area contributed by atoms with E-state index < -0.39 is 0 Å². The summed E-state index contributed by atoms with van der Waals surface area (Å²) in [5.41, 5.74) is 1.29. The van der Waals surface area contributed by atoms with Crippen molar-refractivity contribution in [2.45, 2.75) is 58.8 Å². The van der Waals surface area contributed by atoms with E-state index in [0.717, 1.165) is 12.8 Å². The lowest BCUT2D eigenvalue weighted by Crippen LogP contribution is -2.45. The Labute approximate surface area is 153 Å². The summed E-state index contributed by atoms with van der Waals surface area (Å²) in [7, 11) is 0. The van der Waals surface area contributed by atoms with Gasteiger partial charge in [0.05, 0.1) is 17.9 Å². The molecule has 1 aliphatic rings. The van der Waals surface area contributed by atoms with E-state index >= 15 is 0 Å². The van der Waals surface area contributed by atoms with Crippen molar-refractivity contribution in [3.63, 3.8) is 0 Å². The number of rotatable bonds is 6. The van der Waals surface area contributed by atoms with Gasteiger partial charge in [-0.05, 0) is 45.4 Å². The topological polar surface area (TPSA) is 63.4 Å². The predicted octanol–water partition coefficient (Wildman–Crippen LogP) is 3.95. The monoisotopic (exact) mass is 362 g/mol. The molecule has 3 rings (SSSR count). The number of aromatic nitrogens is 2. The van der Waals surface area contributed by atoms with Crippen molar-refractivity contribution in [2.75, 3.05) is 23.3 Å². The second-order valence-electron chi connectivity index (χ2n) is 6.99. The lowest BCUT2D eigenvalue weighted by Gasteiger charge is -2.37. The van der Waals surface area contributed by atoms with Gasteiger partial charge in [-0.1, -0.05) is 12.1 Å². The largest absolute Gasteiger partial charge is 0.374 e. The van der Waals surface area contributed by atoms with Gasteiger partial charge in [-0.3, -0.25) is 0 Å². The van der Waals surface area contributed by atoms with E-state index in [4.69, 9.17) is 9.26 Å². The summed E-state index contributed by atoms with van der Waals surface area (Å²) in [6, 6.07) is 5.01. The fraction of sp³-hybridized carbons (Fsp3) is 0.579. The maximum absolute atomic E-state index is 14.7. The Hall–Kier alpha value is -2.15. The second kappa shape index (κ2) is 8.03. The predicted molar refractivity (Wildman–Crippen MR) is 99.0 cm³/mol. The van der Waals surface area contributed by atoms with Crippen molar-refractivity contribution >= 4 is 11.4 Å². The van der Waals surface area contributed by atoms with E-state index in [1.807, 2.05) is 37.8 Å². The standard InChI is InChI=1S/C19H27FN4O2/c1-5-6-18-22-19(26-23-18)14(4)21-15-7-8-17(16(20)9-15)24-10-12(2)25-13(3)11-24/h7-9,12-14,21H,5-6,10-11H2,1-4H3. The van der Waals surface area contributed by atoms with Crippen molar-refractivity contribution in [3.8, 4) is 0 Å². The summed E-state index contributed by atoms with van der Waals surface area (Å²) in [6.07, 6.45) is 1.93. The van der Waals surface area contributed by atoms with Gasteiger partial charge in [0.2, 0.25) is 5.89 Å². The van der Waals surface area contributed by atoms with Gasteiger partial charge in [0.15, 0.2) is 5.82 Å². The molecule has 1 fully saturated rings. The quantitative estimate of drug-likeness (QED) is 0.839. The maximum Gasteiger partial charge on any atom is 0.248 e. The minimum absolute atomic E-state index is 0.0887. The zero-order valence-electron chi connectivity index (χ0n) is 15.8. The molecule has 1 N–H and O–H groups in total. The minimum Gasteiger partial charge on any atom is -0.374 e. The molecule has 0 aliphatic carbocycles. The van der Waals surface area contributed by atoms with Crippen LogP contribution in [0.5, 0.6) is 0 Å². The van der Waals surface area contributed by atoms with Crippen LogP contribution in [0.4, 0.5) is 15.8 Å². The summed E-state index contributed by atoms with van der Waals surface area (Å²) >= 11 is 0. The van der Waals surface area contributed by atoms with Gasteiger partial charge in [0.25, 0.3) is 0 Å². The second-order valence-corrected chi connectivity index (χ2v) is 6.99. The third kappa shape index (κ3) is 4.33. The van der Waals surface area contributed by atoms with Crippen molar-refractivity contribution < 1.29 is 13.7 Å². The highest BCUT2D eigenvalue weighted by Crippen LogP contribution is 2.27. The number of nitrogens with one attached hydrogen (secondary N) is 1. The van der Waals surface area contributed by atoms with Crippen LogP contribution in [0.1, 0.15) is 51.9 Å². The first-order valence-corrected chi connectivity index (χ1v) is 9.25. The molecule has 2 aromatic rings. The van der Waals surface area contributed by atoms with Crippen LogP contribution in [0.2, 0.25) is 0 Å². The summed E-state index contributed by atoms with van der Waals surface area (Å²) in [6.45, 7) is 9.38. The first-order chi connectivity index (χ1) is 12.5. The molecule has 1 aromatic heterocycles. The first-order valence-electron chi connectivity index (χ1n) is 9.25. The molecule has 26 heavy (non-hydrogen) atoms. The molecule has 3 atom stereocenters. The van der Waals surface area contributed by atoms with Gasteiger partial charge < -0.3 is 19.5 Å². The number of anilines is 2. The molecule has 0 bridgehead atoms. The van der Waals surface area contributed by atoms with E-state index in [2.05, 4.69) is 22.4 Å². The number of ether oxygens (including phenoxy) is 1. The average molecular weight is 362 g/mol. The number of morpholine rings is 1. The maximum atomic E-state index is 14.7. The minimum atomic E-state index is -0.249. The molecule has 1 saturated heterocycles. The van der Waals surface area contributed by atoms with E-state index in [-0.39, 0.29) is 24.1 Å². The summed E-state index contributed by atoms with van der Waals surface area (Å²) < 4.78 is 25.7. The Balaban J connectivity index is 1.68. The molecule has 6 nitrogen and oxygen atoms in total. The number of hydrogen-bond acceptors (Lipinski definition) is 6. The lowest BCUT2D eigenvalue weighted by molar-refractivity contribution is -0.00539. The van der Waals surface area contributed by atoms with Crippen LogP contribution in [0, 0.1) is 5.82 Å². The molecule has 0 saturated carbocycles. The first kappa shape index (κ1) is 18.6. The Bertz CT molecular complexity index is 726. The fourth-order valence-electron chi connectivity index (χ4n) is 3.31. The molecule has 142 valence electrons. The molecule has 1 aliphatic heterocycles. The van der Waals surface area contributed by atoms with Gasteiger partial charge in [-0.2, -0.15) is 4.98 Å². The Kier molecular flexibility index (Phi) is 5.76. The van der Waals surface area contributed by atoms with Crippen molar-refractivity contribution in [3.05, 3.63) is 35.7 Å². The third-order valence-corrected chi connectivity index (χ3v) is 4.42.